The quantitative estimate of drug-likeness (QED) is 0.749. The van der Waals surface area contributed by atoms with E-state index in [4.69, 9.17) is 16.3 Å². The van der Waals surface area contributed by atoms with Crippen LogP contribution in [-0.4, -0.2) is 49.6 Å². The number of hydrogen-bond donors (Lipinski definition) is 0. The van der Waals surface area contributed by atoms with Crippen molar-refractivity contribution in [2.45, 2.75) is 38.1 Å². The van der Waals surface area contributed by atoms with Gasteiger partial charge in [-0.05, 0) is 64.0 Å². The topological polar surface area (TPSA) is 32.8 Å². The summed E-state index contributed by atoms with van der Waals surface area (Å²) in [6.07, 6.45) is 4.62. The largest absolute Gasteiger partial charge is 0.415 e. The number of rotatable bonds is 4. The number of amides is 1. The molecule has 1 aliphatic rings. The van der Waals surface area contributed by atoms with Crippen LogP contribution in [0.5, 0.6) is 5.75 Å². The van der Waals surface area contributed by atoms with Crippen LogP contribution in [0.15, 0.2) is 24.3 Å². The Morgan fingerprint density at radius 3 is 2.40 bits per heavy atom. The number of halogens is 1. The number of nitrogens with zero attached hydrogens (tertiary/aromatic N) is 2. The van der Waals surface area contributed by atoms with E-state index in [-0.39, 0.29) is 12.1 Å². The van der Waals surface area contributed by atoms with Crippen molar-refractivity contribution in [3.63, 3.8) is 0 Å². The van der Waals surface area contributed by atoms with E-state index in [0.717, 1.165) is 38.6 Å². The molecule has 0 atom stereocenters. The molecule has 1 aromatic rings. The molecule has 1 amide bonds. The van der Waals surface area contributed by atoms with Crippen LogP contribution in [-0.2, 0) is 0 Å². The third kappa shape index (κ3) is 6.61. The molecule has 4 nitrogen and oxygen atoms in total. The van der Waals surface area contributed by atoms with Gasteiger partial charge in [0.05, 0.1) is 0 Å². The molecule has 5 heteroatoms. The molecule has 1 saturated carbocycles. The number of hydrogen-bond acceptors (Lipinski definition) is 3. The first kappa shape index (κ1) is 19.6. The zero-order valence-corrected chi connectivity index (χ0v) is 16.1. The lowest BCUT2D eigenvalue weighted by molar-refractivity contribution is 0.129. The summed E-state index contributed by atoms with van der Waals surface area (Å²) < 4.78 is 5.41. The molecule has 1 aliphatic carbocycles. The molecule has 2 rings (SSSR count). The maximum atomic E-state index is 12.3. The van der Waals surface area contributed by atoms with Crippen LogP contribution in [0.25, 0.3) is 0 Å². The Bertz CT molecular complexity index is 611. The molecular weight excluding hydrogens is 336 g/mol. The molecule has 0 saturated heterocycles. The van der Waals surface area contributed by atoms with Crippen molar-refractivity contribution < 1.29 is 9.53 Å². The minimum Gasteiger partial charge on any atom is -0.410 e. The maximum Gasteiger partial charge on any atom is 0.415 e. The average molecular weight is 363 g/mol. The van der Waals surface area contributed by atoms with E-state index < -0.39 is 0 Å². The van der Waals surface area contributed by atoms with Gasteiger partial charge in [0.2, 0.25) is 0 Å². The zero-order valence-electron chi connectivity index (χ0n) is 15.3. The van der Waals surface area contributed by atoms with Crippen molar-refractivity contribution >= 4 is 17.7 Å². The highest BCUT2D eigenvalue weighted by Gasteiger charge is 2.26. The van der Waals surface area contributed by atoms with E-state index in [9.17, 15) is 4.79 Å². The molecule has 0 unspecified atom stereocenters. The second-order valence-corrected chi connectivity index (χ2v) is 7.25. The lowest BCUT2D eigenvalue weighted by atomic mass is 9.86. The molecule has 0 bridgehead atoms. The fourth-order valence-electron chi connectivity index (χ4n) is 2.93. The second kappa shape index (κ2) is 9.70. The normalized spacial score (nSPS) is 19.9. The summed E-state index contributed by atoms with van der Waals surface area (Å²) in [6, 6.07) is 7.05. The van der Waals surface area contributed by atoms with Gasteiger partial charge in [-0.1, -0.05) is 17.5 Å². The zero-order chi connectivity index (χ0) is 18.2. The average Bonchev–Trinajstić information content (AvgIpc) is 2.60. The van der Waals surface area contributed by atoms with E-state index in [0.29, 0.717) is 16.7 Å². The summed E-state index contributed by atoms with van der Waals surface area (Å²) in [4.78, 5) is 16.1. The molecular formula is C20H27ClN2O2. The fraction of sp³-hybridized carbons (Fsp3) is 0.550. The van der Waals surface area contributed by atoms with Crippen LogP contribution in [0, 0.1) is 17.8 Å². The van der Waals surface area contributed by atoms with Gasteiger partial charge in [0.1, 0.15) is 5.75 Å². The summed E-state index contributed by atoms with van der Waals surface area (Å²) in [7, 11) is 5.93. The highest BCUT2D eigenvalue weighted by atomic mass is 35.5. The van der Waals surface area contributed by atoms with Crippen LogP contribution in [0.3, 0.4) is 0 Å². The van der Waals surface area contributed by atoms with Crippen LogP contribution >= 0.6 is 11.6 Å². The molecule has 136 valence electrons. The SMILES string of the molecule is CN(C)CCC#CC1CCC(N(C)C(=O)Oc2ccc(Cl)cc2)CC1. The van der Waals surface area contributed by atoms with Gasteiger partial charge in [-0.15, -0.1) is 5.92 Å². The van der Waals surface area contributed by atoms with Crippen molar-refractivity contribution in [3.8, 4) is 17.6 Å². The van der Waals surface area contributed by atoms with Gasteiger partial charge in [-0.25, -0.2) is 4.79 Å². The lowest BCUT2D eigenvalue weighted by Gasteiger charge is -2.32. The van der Waals surface area contributed by atoms with Gasteiger partial charge in [0.15, 0.2) is 0 Å². The highest BCUT2D eigenvalue weighted by molar-refractivity contribution is 6.30. The molecule has 1 fully saturated rings. The Balaban J connectivity index is 1.77. The molecule has 0 radical (unpaired) electrons. The van der Waals surface area contributed by atoms with Crippen molar-refractivity contribution in [2.75, 3.05) is 27.7 Å². The Morgan fingerprint density at radius 1 is 1.16 bits per heavy atom. The summed E-state index contributed by atoms with van der Waals surface area (Å²) in [5, 5.41) is 0.623. The first-order valence-corrected chi connectivity index (χ1v) is 9.17. The molecule has 0 N–H and O–H groups in total. The number of carbonyl (C=O) groups is 1. The minimum atomic E-state index is -0.317. The van der Waals surface area contributed by atoms with Crippen molar-refractivity contribution in [1.29, 1.82) is 0 Å². The molecule has 0 spiro atoms. The van der Waals surface area contributed by atoms with E-state index in [1.54, 1.807) is 29.2 Å². The first-order valence-electron chi connectivity index (χ1n) is 8.79. The summed E-state index contributed by atoms with van der Waals surface area (Å²) in [5.74, 6) is 7.64. The Hall–Kier alpha value is -1.70. The summed E-state index contributed by atoms with van der Waals surface area (Å²) >= 11 is 5.84. The summed E-state index contributed by atoms with van der Waals surface area (Å²) in [6.45, 7) is 1.00. The molecule has 1 aromatic carbocycles. The number of ether oxygens (including phenoxy) is 1. The van der Waals surface area contributed by atoms with Crippen LogP contribution in [0.1, 0.15) is 32.1 Å². The molecule has 25 heavy (non-hydrogen) atoms. The minimum absolute atomic E-state index is 0.222. The lowest BCUT2D eigenvalue weighted by Crippen LogP contribution is -2.40. The van der Waals surface area contributed by atoms with Gasteiger partial charge in [0.25, 0.3) is 0 Å². The smallest absolute Gasteiger partial charge is 0.410 e. The second-order valence-electron chi connectivity index (χ2n) is 6.81. The molecule has 0 heterocycles. The molecule has 0 aromatic heterocycles. The standard InChI is InChI=1S/C20H27ClN2O2/c1-22(2)15-5-4-6-16-7-11-18(12-8-16)23(3)20(24)25-19-13-9-17(21)10-14-19/h9-10,13-14,16,18H,5,7-8,11-12,15H2,1-3H3. The predicted octanol–water partition coefficient (Wildman–Crippen LogP) is 4.28. The van der Waals surface area contributed by atoms with Crippen LogP contribution < -0.4 is 4.74 Å². The number of carbonyl (C=O) groups excluding carboxylic acids is 1. The third-order valence-electron chi connectivity index (χ3n) is 4.54. The van der Waals surface area contributed by atoms with Crippen LogP contribution in [0.4, 0.5) is 4.79 Å². The van der Waals surface area contributed by atoms with Gasteiger partial charge in [-0.2, -0.15) is 0 Å². The monoisotopic (exact) mass is 362 g/mol. The van der Waals surface area contributed by atoms with E-state index in [1.807, 2.05) is 7.05 Å². The van der Waals surface area contributed by atoms with Crippen molar-refractivity contribution in [1.82, 2.24) is 9.80 Å². The van der Waals surface area contributed by atoms with Gasteiger partial charge < -0.3 is 14.5 Å². The third-order valence-corrected chi connectivity index (χ3v) is 4.79. The van der Waals surface area contributed by atoms with E-state index in [2.05, 4.69) is 30.8 Å². The van der Waals surface area contributed by atoms with Gasteiger partial charge >= 0.3 is 6.09 Å². The van der Waals surface area contributed by atoms with Crippen molar-refractivity contribution in [3.05, 3.63) is 29.3 Å². The van der Waals surface area contributed by atoms with Crippen molar-refractivity contribution in [2.24, 2.45) is 5.92 Å². The van der Waals surface area contributed by atoms with Crippen LogP contribution in [0.2, 0.25) is 5.02 Å². The first-order chi connectivity index (χ1) is 12.0. The fourth-order valence-corrected chi connectivity index (χ4v) is 3.05. The van der Waals surface area contributed by atoms with E-state index in [1.165, 1.54) is 0 Å². The highest BCUT2D eigenvalue weighted by Crippen LogP contribution is 2.27. The predicted molar refractivity (Wildman–Crippen MR) is 102 cm³/mol. The Morgan fingerprint density at radius 2 is 1.80 bits per heavy atom. The number of benzene rings is 1. The molecule has 0 aliphatic heterocycles. The Labute approximate surface area is 156 Å². The Kier molecular flexibility index (Phi) is 7.61. The van der Waals surface area contributed by atoms with Gasteiger partial charge in [-0.3, -0.25) is 0 Å². The summed E-state index contributed by atoms with van der Waals surface area (Å²) in [5.41, 5.74) is 0. The maximum absolute atomic E-state index is 12.3. The van der Waals surface area contributed by atoms with E-state index >= 15 is 0 Å². The van der Waals surface area contributed by atoms with Gasteiger partial charge in [0, 0.05) is 37.0 Å².